The fourth-order valence-corrected chi connectivity index (χ4v) is 3.39. The van der Waals surface area contributed by atoms with Gasteiger partial charge in [0.25, 0.3) is 11.8 Å². The first-order chi connectivity index (χ1) is 13.4. The zero-order valence-electron chi connectivity index (χ0n) is 16.6. The van der Waals surface area contributed by atoms with Gasteiger partial charge in [0.2, 0.25) is 0 Å². The van der Waals surface area contributed by atoms with E-state index in [2.05, 4.69) is 17.6 Å². The van der Waals surface area contributed by atoms with Crippen molar-refractivity contribution in [1.82, 2.24) is 5.32 Å². The molecule has 2 amide bonds. The lowest BCUT2D eigenvalue weighted by atomic mass is 9.88. The van der Waals surface area contributed by atoms with Crippen LogP contribution in [0.5, 0.6) is 0 Å². The van der Waals surface area contributed by atoms with Gasteiger partial charge in [-0.25, -0.2) is 0 Å². The number of ether oxygens (including phenoxy) is 1. The molecule has 0 aromatic heterocycles. The zero-order chi connectivity index (χ0) is 20.5. The average Bonchev–Trinajstić information content (AvgIpc) is 2.66. The predicted molar refractivity (Wildman–Crippen MR) is 106 cm³/mol. The second-order valence-electron chi connectivity index (χ2n) is 7.39. The lowest BCUT2D eigenvalue weighted by Gasteiger charge is -2.29. The van der Waals surface area contributed by atoms with E-state index < -0.39 is 12.1 Å². The van der Waals surface area contributed by atoms with Crippen LogP contribution in [0.15, 0.2) is 24.3 Å². The highest BCUT2D eigenvalue weighted by Crippen LogP contribution is 2.27. The van der Waals surface area contributed by atoms with Gasteiger partial charge in [0.05, 0.1) is 12.5 Å². The number of rotatable bonds is 9. The van der Waals surface area contributed by atoms with Crippen LogP contribution in [0.1, 0.15) is 62.7 Å². The van der Waals surface area contributed by atoms with Crippen molar-refractivity contribution in [1.29, 1.82) is 0 Å². The van der Waals surface area contributed by atoms with E-state index in [1.165, 1.54) is 6.42 Å². The van der Waals surface area contributed by atoms with Crippen molar-refractivity contribution in [3.05, 3.63) is 29.8 Å². The predicted octanol–water partition coefficient (Wildman–Crippen LogP) is 3.20. The summed E-state index contributed by atoms with van der Waals surface area (Å²) in [6.45, 7) is 4.22. The molecule has 0 bridgehead atoms. The SMILES string of the molecule is CCC(OC1CCCC(C)C1)C(=O)Nc1ccc(C(=O)NCCC(=O)O)cc1. The van der Waals surface area contributed by atoms with Crippen molar-refractivity contribution in [3.8, 4) is 0 Å². The summed E-state index contributed by atoms with van der Waals surface area (Å²) in [6, 6.07) is 6.49. The third-order valence-corrected chi connectivity index (χ3v) is 4.95. The summed E-state index contributed by atoms with van der Waals surface area (Å²) in [5.74, 6) is -0.859. The smallest absolute Gasteiger partial charge is 0.305 e. The Morgan fingerprint density at radius 2 is 1.93 bits per heavy atom. The summed E-state index contributed by atoms with van der Waals surface area (Å²) in [6.07, 6.45) is 4.47. The number of carboxylic acid groups (broad SMARTS) is 1. The topological polar surface area (TPSA) is 105 Å². The van der Waals surface area contributed by atoms with Gasteiger partial charge in [-0.2, -0.15) is 0 Å². The summed E-state index contributed by atoms with van der Waals surface area (Å²) < 4.78 is 6.05. The first-order valence-electron chi connectivity index (χ1n) is 9.95. The molecule has 3 atom stereocenters. The van der Waals surface area contributed by atoms with Crippen molar-refractivity contribution in [3.63, 3.8) is 0 Å². The van der Waals surface area contributed by atoms with E-state index in [1.54, 1.807) is 24.3 Å². The van der Waals surface area contributed by atoms with Gasteiger partial charge in [0, 0.05) is 17.8 Å². The Kier molecular flexibility index (Phi) is 8.44. The normalized spacial score (nSPS) is 20.2. The van der Waals surface area contributed by atoms with Crippen LogP contribution in [-0.4, -0.2) is 41.6 Å². The Balaban J connectivity index is 1.86. The number of carbonyl (C=O) groups excluding carboxylic acids is 2. The van der Waals surface area contributed by atoms with Crippen LogP contribution in [-0.2, 0) is 14.3 Å². The van der Waals surface area contributed by atoms with Crippen LogP contribution in [0.3, 0.4) is 0 Å². The van der Waals surface area contributed by atoms with Gasteiger partial charge in [-0.05, 0) is 49.4 Å². The number of benzene rings is 1. The van der Waals surface area contributed by atoms with Crippen LogP contribution < -0.4 is 10.6 Å². The lowest BCUT2D eigenvalue weighted by Crippen LogP contribution is -2.35. The summed E-state index contributed by atoms with van der Waals surface area (Å²) in [4.78, 5) is 35.0. The minimum atomic E-state index is -0.964. The average molecular weight is 390 g/mol. The number of anilines is 1. The van der Waals surface area contributed by atoms with Gasteiger partial charge in [-0.1, -0.05) is 26.7 Å². The third kappa shape index (κ3) is 6.96. The molecule has 1 saturated carbocycles. The van der Waals surface area contributed by atoms with Gasteiger partial charge >= 0.3 is 5.97 Å². The molecule has 0 spiro atoms. The molecule has 0 radical (unpaired) electrons. The Hall–Kier alpha value is -2.41. The van der Waals surface area contributed by atoms with Crippen LogP contribution in [0.2, 0.25) is 0 Å². The Bertz CT molecular complexity index is 674. The minimum absolute atomic E-state index is 0.0714. The number of hydrogen-bond acceptors (Lipinski definition) is 4. The lowest BCUT2D eigenvalue weighted by molar-refractivity contribution is -0.136. The number of aliphatic carboxylic acids is 1. The van der Waals surface area contributed by atoms with E-state index >= 15 is 0 Å². The molecule has 2 rings (SSSR count). The van der Waals surface area contributed by atoms with Crippen LogP contribution >= 0.6 is 0 Å². The highest BCUT2D eigenvalue weighted by molar-refractivity contribution is 5.97. The van der Waals surface area contributed by atoms with Crippen molar-refractivity contribution in [2.24, 2.45) is 5.92 Å². The van der Waals surface area contributed by atoms with Crippen LogP contribution in [0.4, 0.5) is 5.69 Å². The monoisotopic (exact) mass is 390 g/mol. The maximum absolute atomic E-state index is 12.6. The number of carboxylic acids is 1. The largest absolute Gasteiger partial charge is 0.481 e. The Morgan fingerprint density at radius 1 is 1.21 bits per heavy atom. The van der Waals surface area contributed by atoms with Crippen molar-refractivity contribution in [2.75, 3.05) is 11.9 Å². The third-order valence-electron chi connectivity index (χ3n) is 4.95. The maximum atomic E-state index is 12.6. The first kappa shape index (κ1) is 21.9. The van der Waals surface area contributed by atoms with Crippen molar-refractivity contribution >= 4 is 23.5 Å². The molecule has 154 valence electrons. The van der Waals surface area contributed by atoms with E-state index in [0.29, 0.717) is 23.6 Å². The molecule has 1 aromatic carbocycles. The van der Waals surface area contributed by atoms with Gasteiger partial charge in [0.1, 0.15) is 6.10 Å². The molecular weight excluding hydrogens is 360 g/mol. The summed E-state index contributed by atoms with van der Waals surface area (Å²) in [5.41, 5.74) is 0.994. The van der Waals surface area contributed by atoms with E-state index in [0.717, 1.165) is 19.3 Å². The van der Waals surface area contributed by atoms with Crippen molar-refractivity contribution < 1.29 is 24.2 Å². The fraction of sp³-hybridized carbons (Fsp3) is 0.571. The van der Waals surface area contributed by atoms with Gasteiger partial charge in [-0.15, -0.1) is 0 Å². The summed E-state index contributed by atoms with van der Waals surface area (Å²) >= 11 is 0. The summed E-state index contributed by atoms with van der Waals surface area (Å²) in [7, 11) is 0. The molecule has 1 aliphatic rings. The molecule has 0 aliphatic heterocycles. The molecule has 3 unspecified atom stereocenters. The van der Waals surface area contributed by atoms with Gasteiger partial charge in [-0.3, -0.25) is 14.4 Å². The molecule has 3 N–H and O–H groups in total. The number of carbonyl (C=O) groups is 3. The quantitative estimate of drug-likeness (QED) is 0.601. The molecule has 7 heteroatoms. The molecule has 1 aliphatic carbocycles. The second kappa shape index (κ2) is 10.8. The number of amides is 2. The highest BCUT2D eigenvalue weighted by Gasteiger charge is 2.25. The van der Waals surface area contributed by atoms with Crippen molar-refractivity contribution in [2.45, 2.75) is 64.6 Å². The van der Waals surface area contributed by atoms with Gasteiger partial charge < -0.3 is 20.5 Å². The summed E-state index contributed by atoms with van der Waals surface area (Å²) in [5, 5.41) is 14.0. The molecule has 28 heavy (non-hydrogen) atoms. The first-order valence-corrected chi connectivity index (χ1v) is 9.95. The van der Waals surface area contributed by atoms with E-state index in [4.69, 9.17) is 9.84 Å². The standard InChI is InChI=1S/C21H30N2O5/c1-3-18(28-17-6-4-5-14(2)13-17)21(27)23-16-9-7-15(8-10-16)20(26)22-12-11-19(24)25/h7-10,14,17-18H,3-6,11-13H2,1-2H3,(H,22,26)(H,23,27)(H,24,25). The molecular formula is C21H30N2O5. The molecule has 1 fully saturated rings. The highest BCUT2D eigenvalue weighted by atomic mass is 16.5. The van der Waals surface area contributed by atoms with E-state index in [1.807, 2.05) is 6.92 Å². The van der Waals surface area contributed by atoms with Gasteiger partial charge in [0.15, 0.2) is 0 Å². The number of nitrogens with one attached hydrogen (secondary N) is 2. The Labute approximate surface area is 165 Å². The molecule has 0 saturated heterocycles. The Morgan fingerprint density at radius 3 is 2.54 bits per heavy atom. The molecule has 1 aromatic rings. The molecule has 0 heterocycles. The minimum Gasteiger partial charge on any atom is -0.481 e. The van der Waals surface area contributed by atoms with E-state index in [9.17, 15) is 14.4 Å². The van der Waals surface area contributed by atoms with Crippen LogP contribution in [0.25, 0.3) is 0 Å². The maximum Gasteiger partial charge on any atom is 0.305 e. The second-order valence-corrected chi connectivity index (χ2v) is 7.39. The molecule has 7 nitrogen and oxygen atoms in total. The fourth-order valence-electron chi connectivity index (χ4n) is 3.39. The zero-order valence-corrected chi connectivity index (χ0v) is 16.6. The van der Waals surface area contributed by atoms with Crippen LogP contribution in [0, 0.1) is 5.92 Å². The number of hydrogen-bond donors (Lipinski definition) is 3. The van der Waals surface area contributed by atoms with E-state index in [-0.39, 0.29) is 30.9 Å².